The molecule has 0 saturated carbocycles. The molecule has 1 aromatic carbocycles. The molecule has 0 aliphatic rings. The molecule has 0 aliphatic carbocycles. The summed E-state index contributed by atoms with van der Waals surface area (Å²) in [5, 5.41) is 3.95. The van der Waals surface area contributed by atoms with Crippen molar-refractivity contribution in [3.63, 3.8) is 0 Å². The van der Waals surface area contributed by atoms with Gasteiger partial charge in [0.15, 0.2) is 11.2 Å². The van der Waals surface area contributed by atoms with Gasteiger partial charge in [0.2, 0.25) is 0 Å². The second-order valence-corrected chi connectivity index (χ2v) is 8.01. The Kier molecular flexibility index (Phi) is 5.15. The molecule has 0 radical (unpaired) electrons. The van der Waals surface area contributed by atoms with Gasteiger partial charge in [-0.15, -0.1) is 0 Å². The molecular formula is C22H25N5O3. The first-order valence-electron chi connectivity index (χ1n) is 10.0. The third-order valence-electron chi connectivity index (χ3n) is 5.23. The standard InChI is InChI=1S/C22H25N5O3/c1-14(2)10-25-13-23-20-19(25)21(28)27(12-18-15(3)24-30-16(18)4)22(29)26(20)11-17-8-6-5-7-9-17/h5-9,13-14H,10-12H2,1-4H3. The number of nitrogens with zero attached hydrogens (tertiary/aromatic N) is 5. The van der Waals surface area contributed by atoms with Crippen molar-refractivity contribution >= 4 is 11.2 Å². The molecule has 4 aromatic rings. The Morgan fingerprint density at radius 2 is 1.77 bits per heavy atom. The number of fused-ring (bicyclic) bond motifs is 1. The van der Waals surface area contributed by atoms with E-state index in [-0.39, 0.29) is 12.1 Å². The van der Waals surface area contributed by atoms with E-state index in [2.05, 4.69) is 24.0 Å². The Balaban J connectivity index is 1.96. The summed E-state index contributed by atoms with van der Waals surface area (Å²) < 4.78 is 9.90. The first-order valence-corrected chi connectivity index (χ1v) is 10.0. The minimum Gasteiger partial charge on any atom is -0.361 e. The molecule has 0 saturated heterocycles. The Morgan fingerprint density at radius 3 is 2.40 bits per heavy atom. The van der Waals surface area contributed by atoms with Crippen LogP contribution in [-0.4, -0.2) is 23.8 Å². The number of aryl methyl sites for hydroxylation is 2. The molecule has 3 aromatic heterocycles. The van der Waals surface area contributed by atoms with Gasteiger partial charge in [-0.25, -0.2) is 9.78 Å². The van der Waals surface area contributed by atoms with Crippen LogP contribution in [0, 0.1) is 19.8 Å². The average Bonchev–Trinajstić information content (AvgIpc) is 3.26. The topological polar surface area (TPSA) is 87.8 Å². The van der Waals surface area contributed by atoms with Crippen LogP contribution in [0.5, 0.6) is 0 Å². The van der Waals surface area contributed by atoms with E-state index in [9.17, 15) is 9.59 Å². The van der Waals surface area contributed by atoms with Gasteiger partial charge in [0.1, 0.15) is 5.76 Å². The number of hydrogen-bond acceptors (Lipinski definition) is 5. The van der Waals surface area contributed by atoms with E-state index < -0.39 is 5.69 Å². The van der Waals surface area contributed by atoms with Gasteiger partial charge in [0, 0.05) is 12.1 Å². The number of aromatic nitrogens is 5. The second-order valence-electron chi connectivity index (χ2n) is 8.01. The summed E-state index contributed by atoms with van der Waals surface area (Å²) in [7, 11) is 0. The summed E-state index contributed by atoms with van der Waals surface area (Å²) >= 11 is 0. The van der Waals surface area contributed by atoms with E-state index in [0.29, 0.717) is 41.6 Å². The molecule has 0 N–H and O–H groups in total. The summed E-state index contributed by atoms with van der Waals surface area (Å²) in [6.45, 7) is 8.82. The number of rotatable bonds is 6. The fraction of sp³-hybridized carbons (Fsp3) is 0.364. The Morgan fingerprint density at radius 1 is 1.03 bits per heavy atom. The monoisotopic (exact) mass is 407 g/mol. The van der Waals surface area contributed by atoms with Crippen LogP contribution in [0.25, 0.3) is 11.2 Å². The van der Waals surface area contributed by atoms with Crippen molar-refractivity contribution in [1.29, 1.82) is 0 Å². The fourth-order valence-electron chi connectivity index (χ4n) is 3.70. The lowest BCUT2D eigenvalue weighted by Gasteiger charge is -2.13. The van der Waals surface area contributed by atoms with Crippen molar-refractivity contribution in [3.8, 4) is 0 Å². The summed E-state index contributed by atoms with van der Waals surface area (Å²) in [4.78, 5) is 31.3. The van der Waals surface area contributed by atoms with E-state index in [1.54, 1.807) is 24.7 Å². The van der Waals surface area contributed by atoms with Crippen molar-refractivity contribution in [2.24, 2.45) is 5.92 Å². The van der Waals surface area contributed by atoms with E-state index in [1.165, 1.54) is 4.57 Å². The lowest BCUT2D eigenvalue weighted by atomic mass is 10.2. The molecule has 0 atom stereocenters. The van der Waals surface area contributed by atoms with E-state index in [0.717, 1.165) is 11.1 Å². The third kappa shape index (κ3) is 3.49. The van der Waals surface area contributed by atoms with Gasteiger partial charge >= 0.3 is 5.69 Å². The maximum Gasteiger partial charge on any atom is 0.333 e. The average molecular weight is 407 g/mol. The molecule has 0 aliphatic heterocycles. The van der Waals surface area contributed by atoms with Gasteiger partial charge in [-0.05, 0) is 25.3 Å². The molecule has 0 unspecified atom stereocenters. The molecule has 30 heavy (non-hydrogen) atoms. The molecule has 3 heterocycles. The van der Waals surface area contributed by atoms with Crippen LogP contribution in [-0.2, 0) is 19.6 Å². The van der Waals surface area contributed by atoms with Crippen molar-refractivity contribution in [2.75, 3.05) is 0 Å². The minimum absolute atomic E-state index is 0.108. The van der Waals surface area contributed by atoms with Gasteiger partial charge < -0.3 is 9.09 Å². The molecule has 156 valence electrons. The van der Waals surface area contributed by atoms with Crippen LogP contribution in [0.15, 0.2) is 50.8 Å². The van der Waals surface area contributed by atoms with Gasteiger partial charge in [-0.1, -0.05) is 49.3 Å². The minimum atomic E-state index is -0.397. The maximum atomic E-state index is 13.4. The van der Waals surface area contributed by atoms with Crippen molar-refractivity contribution < 1.29 is 4.52 Å². The zero-order valence-corrected chi connectivity index (χ0v) is 17.6. The highest BCUT2D eigenvalue weighted by Gasteiger charge is 2.21. The first-order chi connectivity index (χ1) is 14.4. The lowest BCUT2D eigenvalue weighted by Crippen LogP contribution is -2.41. The number of imidazole rings is 1. The normalized spacial score (nSPS) is 11.6. The third-order valence-corrected chi connectivity index (χ3v) is 5.23. The molecule has 4 rings (SSSR count). The van der Waals surface area contributed by atoms with Crippen molar-refractivity contribution in [3.05, 3.63) is 80.1 Å². The van der Waals surface area contributed by atoms with E-state index in [1.807, 2.05) is 34.9 Å². The van der Waals surface area contributed by atoms with Crippen LogP contribution < -0.4 is 11.2 Å². The summed E-state index contributed by atoms with van der Waals surface area (Å²) in [5.74, 6) is 0.927. The zero-order valence-electron chi connectivity index (χ0n) is 17.6. The predicted molar refractivity (Wildman–Crippen MR) is 114 cm³/mol. The van der Waals surface area contributed by atoms with Gasteiger partial charge in [-0.2, -0.15) is 0 Å². The molecular weight excluding hydrogens is 382 g/mol. The van der Waals surface area contributed by atoms with Gasteiger partial charge in [0.05, 0.1) is 25.1 Å². The quantitative estimate of drug-likeness (QED) is 0.490. The first kappa shape index (κ1) is 19.9. The zero-order chi connectivity index (χ0) is 21.4. The van der Waals surface area contributed by atoms with Crippen LogP contribution in [0.2, 0.25) is 0 Å². The van der Waals surface area contributed by atoms with Gasteiger partial charge in [0.25, 0.3) is 5.56 Å². The van der Waals surface area contributed by atoms with Crippen LogP contribution in [0.1, 0.15) is 36.4 Å². The summed E-state index contributed by atoms with van der Waals surface area (Å²) in [5.41, 5.74) is 2.47. The summed E-state index contributed by atoms with van der Waals surface area (Å²) in [6.07, 6.45) is 1.65. The molecule has 0 fully saturated rings. The van der Waals surface area contributed by atoms with Crippen LogP contribution in [0.4, 0.5) is 0 Å². The highest BCUT2D eigenvalue weighted by molar-refractivity contribution is 5.70. The highest BCUT2D eigenvalue weighted by atomic mass is 16.5. The van der Waals surface area contributed by atoms with Crippen molar-refractivity contribution in [1.82, 2.24) is 23.8 Å². The predicted octanol–water partition coefficient (Wildman–Crippen LogP) is 2.72. The lowest BCUT2D eigenvalue weighted by molar-refractivity contribution is 0.391. The van der Waals surface area contributed by atoms with E-state index >= 15 is 0 Å². The summed E-state index contributed by atoms with van der Waals surface area (Å²) in [6, 6.07) is 9.68. The fourth-order valence-corrected chi connectivity index (χ4v) is 3.70. The van der Waals surface area contributed by atoms with Crippen LogP contribution in [0.3, 0.4) is 0 Å². The Hall–Kier alpha value is -3.42. The second kappa shape index (κ2) is 7.78. The van der Waals surface area contributed by atoms with Crippen molar-refractivity contribution in [2.45, 2.75) is 47.3 Å². The number of benzene rings is 1. The smallest absolute Gasteiger partial charge is 0.333 e. The Labute approximate surface area is 173 Å². The Bertz CT molecular complexity index is 1290. The molecule has 0 amide bonds. The highest BCUT2D eigenvalue weighted by Crippen LogP contribution is 2.15. The van der Waals surface area contributed by atoms with E-state index in [4.69, 9.17) is 4.52 Å². The largest absolute Gasteiger partial charge is 0.361 e. The number of hydrogen-bond donors (Lipinski definition) is 0. The maximum absolute atomic E-state index is 13.4. The molecule has 8 nitrogen and oxygen atoms in total. The molecule has 0 bridgehead atoms. The SMILES string of the molecule is Cc1noc(C)c1Cn1c(=O)c2c(ncn2CC(C)C)n(Cc2ccccc2)c1=O. The van der Waals surface area contributed by atoms with Crippen LogP contribution >= 0.6 is 0 Å². The van der Waals surface area contributed by atoms with Gasteiger partial charge in [-0.3, -0.25) is 13.9 Å². The molecule has 0 spiro atoms. The molecule has 8 heteroatoms.